The molecule has 0 aromatic heterocycles. The molecule has 1 fully saturated rings. The highest BCUT2D eigenvalue weighted by Crippen LogP contribution is 2.15. The minimum Gasteiger partial charge on any atom is -0.312 e. The Morgan fingerprint density at radius 1 is 0.889 bits per heavy atom. The number of nitrogens with one attached hydrogen (secondary N) is 1. The third kappa shape index (κ3) is 6.17. The van der Waals surface area contributed by atoms with Gasteiger partial charge in [-0.2, -0.15) is 0 Å². The highest BCUT2D eigenvalue weighted by molar-refractivity contribution is 4.82. The Bertz CT molecular complexity index is 229. The zero-order valence-electron chi connectivity index (χ0n) is 13.3. The molecule has 3 heteroatoms. The molecule has 0 aromatic carbocycles. The summed E-state index contributed by atoms with van der Waals surface area (Å²) in [5.74, 6) is 0. The van der Waals surface area contributed by atoms with Gasteiger partial charge in [-0.1, -0.05) is 0 Å². The number of hydrogen-bond acceptors (Lipinski definition) is 3. The van der Waals surface area contributed by atoms with E-state index in [0.29, 0.717) is 5.54 Å². The molecule has 0 aliphatic carbocycles. The highest BCUT2D eigenvalue weighted by Gasteiger charge is 2.25. The van der Waals surface area contributed by atoms with Crippen LogP contribution in [0.4, 0.5) is 0 Å². The molecule has 0 aromatic rings. The molecule has 108 valence electrons. The molecular weight excluding hydrogens is 222 g/mol. The van der Waals surface area contributed by atoms with Crippen LogP contribution in [0.1, 0.15) is 48.0 Å². The maximum absolute atomic E-state index is 3.56. The molecule has 1 heterocycles. The van der Waals surface area contributed by atoms with Crippen molar-refractivity contribution in [3.63, 3.8) is 0 Å². The Morgan fingerprint density at radius 2 is 1.44 bits per heavy atom. The van der Waals surface area contributed by atoms with E-state index in [4.69, 9.17) is 0 Å². The van der Waals surface area contributed by atoms with E-state index in [1.165, 1.54) is 39.1 Å². The molecule has 0 amide bonds. The minimum atomic E-state index is 0.255. The molecule has 1 aliphatic heterocycles. The van der Waals surface area contributed by atoms with Crippen molar-refractivity contribution in [2.24, 2.45) is 0 Å². The third-order valence-corrected chi connectivity index (χ3v) is 3.63. The molecule has 1 rings (SSSR count). The summed E-state index contributed by atoms with van der Waals surface area (Å²) in [6.45, 7) is 20.9. The van der Waals surface area contributed by atoms with Crippen LogP contribution in [0.2, 0.25) is 0 Å². The van der Waals surface area contributed by atoms with Gasteiger partial charge >= 0.3 is 0 Å². The predicted molar refractivity (Wildman–Crippen MR) is 80.1 cm³/mol. The van der Waals surface area contributed by atoms with Crippen LogP contribution >= 0.6 is 0 Å². The summed E-state index contributed by atoms with van der Waals surface area (Å²) < 4.78 is 0. The average Bonchev–Trinajstić information content (AvgIpc) is 2.22. The lowest BCUT2D eigenvalue weighted by molar-refractivity contribution is 0.0617. The van der Waals surface area contributed by atoms with E-state index in [2.05, 4.69) is 56.7 Å². The van der Waals surface area contributed by atoms with E-state index >= 15 is 0 Å². The van der Waals surface area contributed by atoms with Gasteiger partial charge in [0.15, 0.2) is 0 Å². The summed E-state index contributed by atoms with van der Waals surface area (Å²) in [5, 5.41) is 3.56. The summed E-state index contributed by atoms with van der Waals surface area (Å²) in [5.41, 5.74) is 0.588. The zero-order chi connectivity index (χ0) is 13.8. The van der Waals surface area contributed by atoms with Gasteiger partial charge < -0.3 is 10.2 Å². The smallest absolute Gasteiger partial charge is 0.0126 e. The fourth-order valence-corrected chi connectivity index (χ4v) is 2.41. The molecule has 0 spiro atoms. The van der Waals surface area contributed by atoms with Crippen LogP contribution in [0, 0.1) is 0 Å². The summed E-state index contributed by atoms with van der Waals surface area (Å²) in [6.07, 6.45) is 1.26. The van der Waals surface area contributed by atoms with Crippen molar-refractivity contribution in [1.82, 2.24) is 15.1 Å². The number of nitrogens with zero attached hydrogens (tertiary/aromatic N) is 2. The van der Waals surface area contributed by atoms with Crippen molar-refractivity contribution in [2.45, 2.75) is 59.0 Å². The fourth-order valence-electron chi connectivity index (χ4n) is 2.41. The molecule has 0 bridgehead atoms. The van der Waals surface area contributed by atoms with Crippen LogP contribution in [-0.4, -0.2) is 60.1 Å². The standard InChI is InChI=1S/C15H33N3/c1-14(2,3)16-8-7-9-17-10-12-18(13-11-17)15(4,5)6/h16H,7-13H2,1-6H3. The van der Waals surface area contributed by atoms with Crippen molar-refractivity contribution < 1.29 is 0 Å². The van der Waals surface area contributed by atoms with E-state index in [1.54, 1.807) is 0 Å². The quantitative estimate of drug-likeness (QED) is 0.777. The first-order chi connectivity index (χ1) is 8.18. The highest BCUT2D eigenvalue weighted by atomic mass is 15.3. The molecule has 0 atom stereocenters. The van der Waals surface area contributed by atoms with Crippen LogP contribution in [-0.2, 0) is 0 Å². The second-order valence-corrected chi connectivity index (χ2v) is 7.53. The Morgan fingerprint density at radius 3 is 1.89 bits per heavy atom. The average molecular weight is 255 g/mol. The molecular formula is C15H33N3. The van der Waals surface area contributed by atoms with Crippen LogP contribution in [0.25, 0.3) is 0 Å². The second kappa shape index (κ2) is 6.36. The lowest BCUT2D eigenvalue weighted by atomic mass is 10.0. The van der Waals surface area contributed by atoms with E-state index < -0.39 is 0 Å². The third-order valence-electron chi connectivity index (χ3n) is 3.63. The van der Waals surface area contributed by atoms with Crippen LogP contribution in [0.3, 0.4) is 0 Å². The largest absolute Gasteiger partial charge is 0.312 e. The van der Waals surface area contributed by atoms with Gasteiger partial charge in [0.05, 0.1) is 0 Å². The first kappa shape index (κ1) is 15.9. The molecule has 1 saturated heterocycles. The van der Waals surface area contributed by atoms with Crippen molar-refractivity contribution in [3.05, 3.63) is 0 Å². The minimum absolute atomic E-state index is 0.255. The normalized spacial score (nSPS) is 20.3. The van der Waals surface area contributed by atoms with Gasteiger partial charge in [-0.25, -0.2) is 0 Å². The lowest BCUT2D eigenvalue weighted by Gasteiger charge is -2.42. The second-order valence-electron chi connectivity index (χ2n) is 7.53. The van der Waals surface area contributed by atoms with E-state index in [0.717, 1.165) is 6.54 Å². The molecule has 3 nitrogen and oxygen atoms in total. The summed E-state index contributed by atoms with van der Waals surface area (Å²) in [6, 6.07) is 0. The lowest BCUT2D eigenvalue weighted by Crippen LogP contribution is -2.53. The Labute approximate surface area is 114 Å². The van der Waals surface area contributed by atoms with E-state index in [-0.39, 0.29) is 5.54 Å². The summed E-state index contributed by atoms with van der Waals surface area (Å²) in [7, 11) is 0. The van der Waals surface area contributed by atoms with Gasteiger partial charge in [-0.15, -0.1) is 0 Å². The number of piperazine rings is 1. The van der Waals surface area contributed by atoms with Crippen LogP contribution in [0.5, 0.6) is 0 Å². The van der Waals surface area contributed by atoms with Gasteiger partial charge in [0.1, 0.15) is 0 Å². The predicted octanol–water partition coefficient (Wildman–Crippen LogP) is 2.18. The molecule has 1 N–H and O–H groups in total. The van der Waals surface area contributed by atoms with Gasteiger partial charge in [0, 0.05) is 37.3 Å². The van der Waals surface area contributed by atoms with Gasteiger partial charge in [0.25, 0.3) is 0 Å². The van der Waals surface area contributed by atoms with Crippen molar-refractivity contribution in [2.75, 3.05) is 39.3 Å². The van der Waals surface area contributed by atoms with Crippen molar-refractivity contribution in [3.8, 4) is 0 Å². The first-order valence-corrected chi connectivity index (χ1v) is 7.41. The van der Waals surface area contributed by atoms with E-state index in [9.17, 15) is 0 Å². The maximum Gasteiger partial charge on any atom is 0.0126 e. The monoisotopic (exact) mass is 255 g/mol. The van der Waals surface area contributed by atoms with Gasteiger partial charge in [-0.3, -0.25) is 4.90 Å². The maximum atomic E-state index is 3.56. The number of rotatable bonds is 4. The van der Waals surface area contributed by atoms with Crippen LogP contribution < -0.4 is 5.32 Å². The Balaban J connectivity index is 2.13. The van der Waals surface area contributed by atoms with E-state index in [1.807, 2.05) is 0 Å². The molecule has 18 heavy (non-hydrogen) atoms. The topological polar surface area (TPSA) is 18.5 Å². The molecule has 0 unspecified atom stereocenters. The summed E-state index contributed by atoms with van der Waals surface area (Å²) in [4.78, 5) is 5.20. The molecule has 0 radical (unpaired) electrons. The number of hydrogen-bond donors (Lipinski definition) is 1. The zero-order valence-corrected chi connectivity index (χ0v) is 13.3. The van der Waals surface area contributed by atoms with Crippen LogP contribution in [0.15, 0.2) is 0 Å². The van der Waals surface area contributed by atoms with Crippen molar-refractivity contribution >= 4 is 0 Å². The summed E-state index contributed by atoms with van der Waals surface area (Å²) >= 11 is 0. The fraction of sp³-hybridized carbons (Fsp3) is 1.00. The van der Waals surface area contributed by atoms with Gasteiger partial charge in [0.2, 0.25) is 0 Å². The SMILES string of the molecule is CC(C)(C)NCCCN1CCN(C(C)(C)C)CC1. The first-order valence-electron chi connectivity index (χ1n) is 7.41. The Hall–Kier alpha value is -0.120. The molecule has 1 aliphatic rings. The van der Waals surface area contributed by atoms with Crippen molar-refractivity contribution in [1.29, 1.82) is 0 Å². The molecule has 0 saturated carbocycles. The van der Waals surface area contributed by atoms with Gasteiger partial charge in [-0.05, 0) is 61.1 Å². The Kier molecular flexibility index (Phi) is 5.63.